The monoisotopic (exact) mass is 421 g/mol. The van der Waals surface area contributed by atoms with E-state index >= 15 is 0 Å². The molecule has 1 unspecified atom stereocenters. The van der Waals surface area contributed by atoms with E-state index in [0.717, 1.165) is 17.5 Å². The minimum Gasteiger partial charge on any atom is -0.330 e. The summed E-state index contributed by atoms with van der Waals surface area (Å²) in [7, 11) is 0. The lowest BCUT2D eigenvalue weighted by atomic mass is 9.96. The number of nitrogens with zero attached hydrogens (tertiary/aromatic N) is 1. The van der Waals surface area contributed by atoms with Gasteiger partial charge < -0.3 is 9.69 Å². The van der Waals surface area contributed by atoms with Gasteiger partial charge in [0.1, 0.15) is 5.78 Å². The normalized spacial score (nSPS) is 13.1. The highest BCUT2D eigenvalue weighted by Crippen LogP contribution is 2.24. The summed E-state index contributed by atoms with van der Waals surface area (Å²) in [6.45, 7) is 5.08. The number of hydrogen-bond acceptors (Lipinski definition) is 2. The Morgan fingerprint density at radius 1 is 0.844 bits per heavy atom. The smallest absolute Gasteiger partial charge is 0.254 e. The van der Waals surface area contributed by atoms with Crippen molar-refractivity contribution < 1.29 is 9.59 Å². The van der Waals surface area contributed by atoms with Gasteiger partial charge in [-0.15, -0.1) is 0 Å². The second-order valence-corrected chi connectivity index (χ2v) is 8.67. The second kappa shape index (κ2) is 9.66. The molecule has 3 heteroatoms. The van der Waals surface area contributed by atoms with E-state index in [-0.39, 0.29) is 11.7 Å². The standard InChI is InChI=1S/C29H27NO2/c1-21(17-22(2)31)18-25-11-9-23(10-12-25)7-8-24-13-15-26(16-14-24)29(32)30-19-27-5-3-4-6-28(27)20-30/h3-6,9-16,21H,17-20H2,1-2H3. The van der Waals surface area contributed by atoms with Crippen molar-refractivity contribution in [3.05, 3.63) is 106 Å². The van der Waals surface area contributed by atoms with E-state index in [4.69, 9.17) is 0 Å². The van der Waals surface area contributed by atoms with Crippen LogP contribution in [0.4, 0.5) is 0 Å². The highest BCUT2D eigenvalue weighted by molar-refractivity contribution is 5.94. The SMILES string of the molecule is CC(=O)CC(C)Cc1ccc(C#Cc2ccc(C(=O)N3Cc4ccccc4C3)cc2)cc1. The molecule has 1 aliphatic heterocycles. The molecule has 32 heavy (non-hydrogen) atoms. The molecule has 0 saturated heterocycles. The molecule has 1 atom stereocenters. The maximum Gasteiger partial charge on any atom is 0.254 e. The lowest BCUT2D eigenvalue weighted by molar-refractivity contribution is -0.117. The van der Waals surface area contributed by atoms with Crippen LogP contribution in [-0.4, -0.2) is 16.6 Å². The van der Waals surface area contributed by atoms with E-state index in [1.807, 2.05) is 53.4 Å². The number of carbonyl (C=O) groups is 2. The maximum absolute atomic E-state index is 12.8. The van der Waals surface area contributed by atoms with E-state index in [9.17, 15) is 9.59 Å². The Morgan fingerprint density at radius 2 is 1.38 bits per heavy atom. The van der Waals surface area contributed by atoms with Crippen LogP contribution in [0.15, 0.2) is 72.8 Å². The van der Waals surface area contributed by atoms with E-state index in [2.05, 4.69) is 43.0 Å². The molecule has 0 aliphatic carbocycles. The van der Waals surface area contributed by atoms with Crippen molar-refractivity contribution in [1.29, 1.82) is 0 Å². The number of Topliss-reactive ketones (excluding diaryl/α,β-unsaturated/α-hetero) is 1. The summed E-state index contributed by atoms with van der Waals surface area (Å²) in [6, 6.07) is 23.9. The largest absolute Gasteiger partial charge is 0.330 e. The predicted octanol–water partition coefficient (Wildman–Crippen LogP) is 5.40. The first-order valence-electron chi connectivity index (χ1n) is 11.0. The van der Waals surface area contributed by atoms with Gasteiger partial charge in [-0.2, -0.15) is 0 Å². The zero-order valence-electron chi connectivity index (χ0n) is 18.6. The number of rotatable bonds is 5. The number of hydrogen-bond donors (Lipinski definition) is 0. The van der Waals surface area contributed by atoms with Crippen LogP contribution >= 0.6 is 0 Å². The molecule has 0 fully saturated rings. The predicted molar refractivity (Wildman–Crippen MR) is 127 cm³/mol. The minimum atomic E-state index is 0.0512. The molecule has 1 heterocycles. The molecule has 1 aliphatic rings. The van der Waals surface area contributed by atoms with Crippen molar-refractivity contribution >= 4 is 11.7 Å². The third-order valence-electron chi connectivity index (χ3n) is 5.79. The number of amides is 1. The average molecular weight is 422 g/mol. The minimum absolute atomic E-state index is 0.0512. The fourth-order valence-electron chi connectivity index (χ4n) is 4.19. The molecular formula is C29H27NO2. The number of carbonyl (C=O) groups excluding carboxylic acids is 2. The molecule has 0 saturated carbocycles. The van der Waals surface area contributed by atoms with Crippen molar-refractivity contribution in [2.45, 2.75) is 39.8 Å². The summed E-state index contributed by atoms with van der Waals surface area (Å²) in [5, 5.41) is 0. The zero-order valence-corrected chi connectivity index (χ0v) is 18.6. The van der Waals surface area contributed by atoms with Crippen LogP contribution in [0.1, 0.15) is 58.4 Å². The molecule has 3 aromatic rings. The Morgan fingerprint density at radius 3 is 1.91 bits per heavy atom. The van der Waals surface area contributed by atoms with Crippen molar-refractivity contribution in [2.75, 3.05) is 0 Å². The molecule has 0 spiro atoms. The quantitative estimate of drug-likeness (QED) is 0.517. The Labute approximate surface area is 190 Å². The van der Waals surface area contributed by atoms with Gasteiger partial charge in [-0.3, -0.25) is 4.79 Å². The lowest BCUT2D eigenvalue weighted by Gasteiger charge is -2.15. The van der Waals surface area contributed by atoms with Gasteiger partial charge in [0, 0.05) is 36.2 Å². The average Bonchev–Trinajstić information content (AvgIpc) is 3.22. The summed E-state index contributed by atoms with van der Waals surface area (Å²) in [5.41, 5.74) is 6.18. The zero-order chi connectivity index (χ0) is 22.5. The Hall–Kier alpha value is -3.64. The lowest BCUT2D eigenvalue weighted by Crippen LogP contribution is -2.25. The van der Waals surface area contributed by atoms with Crippen LogP contribution in [0.3, 0.4) is 0 Å². The number of ketones is 1. The molecule has 0 aromatic heterocycles. The van der Waals surface area contributed by atoms with Crippen molar-refractivity contribution in [3.8, 4) is 11.8 Å². The van der Waals surface area contributed by atoms with Gasteiger partial charge in [0.25, 0.3) is 5.91 Å². The van der Waals surface area contributed by atoms with Gasteiger partial charge in [0.05, 0.1) is 0 Å². The topological polar surface area (TPSA) is 37.4 Å². The first-order valence-corrected chi connectivity index (χ1v) is 11.0. The number of benzene rings is 3. The summed E-state index contributed by atoms with van der Waals surface area (Å²) in [5.74, 6) is 7.00. The van der Waals surface area contributed by atoms with E-state index in [1.54, 1.807) is 6.92 Å². The molecule has 1 amide bonds. The summed E-state index contributed by atoms with van der Waals surface area (Å²) < 4.78 is 0. The van der Waals surface area contributed by atoms with Crippen molar-refractivity contribution in [3.63, 3.8) is 0 Å². The van der Waals surface area contributed by atoms with Gasteiger partial charge in [0.2, 0.25) is 0 Å². The molecule has 0 bridgehead atoms. The van der Waals surface area contributed by atoms with Crippen LogP contribution in [0, 0.1) is 17.8 Å². The van der Waals surface area contributed by atoms with E-state index in [1.165, 1.54) is 16.7 Å². The van der Waals surface area contributed by atoms with Gasteiger partial charge in [-0.25, -0.2) is 0 Å². The van der Waals surface area contributed by atoms with E-state index in [0.29, 0.717) is 31.0 Å². The van der Waals surface area contributed by atoms with Crippen LogP contribution in [-0.2, 0) is 24.3 Å². The van der Waals surface area contributed by atoms with Crippen LogP contribution in [0.2, 0.25) is 0 Å². The van der Waals surface area contributed by atoms with Crippen LogP contribution in [0.5, 0.6) is 0 Å². The molecule has 0 N–H and O–H groups in total. The number of fused-ring (bicyclic) bond motifs is 1. The Balaban J connectivity index is 1.36. The highest BCUT2D eigenvalue weighted by Gasteiger charge is 2.23. The van der Waals surface area contributed by atoms with E-state index < -0.39 is 0 Å². The second-order valence-electron chi connectivity index (χ2n) is 8.67. The first-order chi connectivity index (χ1) is 15.5. The van der Waals surface area contributed by atoms with Gasteiger partial charge in [0.15, 0.2) is 0 Å². The Kier molecular flexibility index (Phi) is 6.52. The van der Waals surface area contributed by atoms with Crippen LogP contribution in [0.25, 0.3) is 0 Å². The summed E-state index contributed by atoms with van der Waals surface area (Å²) >= 11 is 0. The summed E-state index contributed by atoms with van der Waals surface area (Å²) in [4.78, 5) is 26.0. The van der Waals surface area contributed by atoms with Crippen molar-refractivity contribution in [1.82, 2.24) is 4.90 Å². The highest BCUT2D eigenvalue weighted by atomic mass is 16.2. The maximum atomic E-state index is 12.8. The van der Waals surface area contributed by atoms with Crippen LogP contribution < -0.4 is 0 Å². The van der Waals surface area contributed by atoms with Crippen molar-refractivity contribution in [2.24, 2.45) is 5.92 Å². The molecule has 0 radical (unpaired) electrons. The molecule has 3 aromatic carbocycles. The third kappa shape index (κ3) is 5.34. The molecular weight excluding hydrogens is 394 g/mol. The third-order valence-corrected chi connectivity index (χ3v) is 5.79. The molecule has 4 rings (SSSR count). The molecule has 3 nitrogen and oxygen atoms in total. The fraction of sp³-hybridized carbons (Fsp3) is 0.241. The van der Waals surface area contributed by atoms with Gasteiger partial charge in [-0.1, -0.05) is 55.2 Å². The first kappa shape index (κ1) is 21.6. The molecule has 160 valence electrons. The van der Waals surface area contributed by atoms with Gasteiger partial charge in [-0.05, 0) is 72.4 Å². The Bertz CT molecular complexity index is 1160. The summed E-state index contributed by atoms with van der Waals surface area (Å²) in [6.07, 6.45) is 1.51. The van der Waals surface area contributed by atoms with Gasteiger partial charge >= 0.3 is 0 Å². The fourth-order valence-corrected chi connectivity index (χ4v) is 4.19.